The summed E-state index contributed by atoms with van der Waals surface area (Å²) in [6.07, 6.45) is 0. The van der Waals surface area contributed by atoms with E-state index in [9.17, 15) is 14.0 Å². The van der Waals surface area contributed by atoms with Crippen molar-refractivity contribution in [1.82, 2.24) is 4.57 Å². The number of fused-ring (bicyclic) bond motifs is 1. The van der Waals surface area contributed by atoms with Crippen LogP contribution in [0.2, 0.25) is 0 Å². The molecule has 6 nitrogen and oxygen atoms in total. The number of rotatable bonds is 7. The first kappa shape index (κ1) is 20.9. The zero-order chi connectivity index (χ0) is 20.8. The fraction of sp³-hybridized carbons (Fsp3) is 0.286. The summed E-state index contributed by atoms with van der Waals surface area (Å²) in [6, 6.07) is 10.5. The van der Waals surface area contributed by atoms with Crippen LogP contribution in [0.15, 0.2) is 47.5 Å². The second kappa shape index (κ2) is 9.58. The van der Waals surface area contributed by atoms with Crippen molar-refractivity contribution in [1.29, 1.82) is 0 Å². The van der Waals surface area contributed by atoms with Crippen molar-refractivity contribution < 1.29 is 23.5 Å². The largest absolute Gasteiger partial charge is 0.462 e. The Morgan fingerprint density at radius 2 is 1.79 bits per heavy atom. The highest BCUT2D eigenvalue weighted by molar-refractivity contribution is 7.16. The van der Waals surface area contributed by atoms with Crippen LogP contribution in [-0.2, 0) is 16.0 Å². The third-order valence-electron chi connectivity index (χ3n) is 4.15. The molecule has 1 amide bonds. The van der Waals surface area contributed by atoms with Gasteiger partial charge in [-0.25, -0.2) is 9.18 Å². The van der Waals surface area contributed by atoms with Gasteiger partial charge in [0.15, 0.2) is 4.80 Å². The lowest BCUT2D eigenvalue weighted by molar-refractivity contribution is 0.0526. The maximum atomic E-state index is 13.1. The number of aromatic nitrogens is 1. The molecule has 3 aromatic rings. The molecule has 2 aromatic carbocycles. The van der Waals surface area contributed by atoms with Gasteiger partial charge in [0.05, 0.1) is 29.0 Å². The van der Waals surface area contributed by atoms with Gasteiger partial charge in [-0.05, 0) is 56.3 Å². The average molecular weight is 416 g/mol. The number of thiazole rings is 1. The Bertz CT molecular complexity index is 1090. The van der Waals surface area contributed by atoms with Crippen LogP contribution in [0.25, 0.3) is 10.2 Å². The Morgan fingerprint density at radius 3 is 2.48 bits per heavy atom. The van der Waals surface area contributed by atoms with Crippen molar-refractivity contribution in [3.05, 3.63) is 64.2 Å². The van der Waals surface area contributed by atoms with Gasteiger partial charge in [-0.2, -0.15) is 4.99 Å². The fourth-order valence-electron chi connectivity index (χ4n) is 2.76. The monoisotopic (exact) mass is 416 g/mol. The minimum absolute atomic E-state index is 0.294. The number of carbonyl (C=O) groups is 2. The number of esters is 1. The number of carbonyl (C=O) groups excluding carboxylic acids is 2. The molecule has 0 saturated carbocycles. The summed E-state index contributed by atoms with van der Waals surface area (Å²) >= 11 is 1.30. The summed E-state index contributed by atoms with van der Waals surface area (Å²) in [4.78, 5) is 29.3. The van der Waals surface area contributed by atoms with Crippen LogP contribution in [0.5, 0.6) is 0 Å². The Kier molecular flexibility index (Phi) is 6.90. The summed E-state index contributed by atoms with van der Waals surface area (Å²) in [5.41, 5.74) is 1.58. The van der Waals surface area contributed by atoms with E-state index in [-0.39, 0.29) is 0 Å². The van der Waals surface area contributed by atoms with Crippen molar-refractivity contribution in [2.24, 2.45) is 4.99 Å². The molecule has 29 heavy (non-hydrogen) atoms. The van der Waals surface area contributed by atoms with Crippen LogP contribution in [0, 0.1) is 5.82 Å². The molecule has 3 rings (SSSR count). The summed E-state index contributed by atoms with van der Waals surface area (Å²) in [5.74, 6) is -1.28. The first-order chi connectivity index (χ1) is 14.0. The van der Waals surface area contributed by atoms with Crippen LogP contribution in [0.1, 0.15) is 34.6 Å². The van der Waals surface area contributed by atoms with Gasteiger partial charge in [0.25, 0.3) is 5.91 Å². The number of ether oxygens (including phenoxy) is 2. The Labute approximate surface area is 171 Å². The second-order valence-corrected chi connectivity index (χ2v) is 7.07. The molecule has 152 valence electrons. The number of hydrogen-bond donors (Lipinski definition) is 0. The van der Waals surface area contributed by atoms with Crippen LogP contribution in [-0.4, -0.2) is 36.3 Å². The molecule has 0 unspecified atom stereocenters. The first-order valence-corrected chi connectivity index (χ1v) is 10.1. The third-order valence-corrected chi connectivity index (χ3v) is 5.19. The highest BCUT2D eigenvalue weighted by atomic mass is 32.1. The zero-order valence-corrected chi connectivity index (χ0v) is 17.0. The van der Waals surface area contributed by atoms with Gasteiger partial charge in [-0.15, -0.1) is 0 Å². The molecule has 8 heteroatoms. The summed E-state index contributed by atoms with van der Waals surface area (Å²) < 4.78 is 26.3. The molecule has 0 radical (unpaired) electrons. The molecule has 1 aromatic heterocycles. The van der Waals surface area contributed by atoms with Crippen LogP contribution < -0.4 is 4.80 Å². The topological polar surface area (TPSA) is 69.9 Å². The van der Waals surface area contributed by atoms with Crippen LogP contribution in [0.4, 0.5) is 4.39 Å². The van der Waals surface area contributed by atoms with E-state index in [0.717, 1.165) is 10.2 Å². The second-order valence-electron chi connectivity index (χ2n) is 6.06. The predicted molar refractivity (Wildman–Crippen MR) is 109 cm³/mol. The normalized spacial score (nSPS) is 11.8. The third kappa shape index (κ3) is 4.96. The first-order valence-electron chi connectivity index (χ1n) is 9.26. The molecular formula is C21H21FN2O4S. The Morgan fingerprint density at radius 1 is 1.07 bits per heavy atom. The molecule has 0 aliphatic rings. The maximum absolute atomic E-state index is 13.1. The van der Waals surface area contributed by atoms with E-state index in [2.05, 4.69) is 4.99 Å². The van der Waals surface area contributed by atoms with Crippen molar-refractivity contribution in [2.45, 2.75) is 20.4 Å². The van der Waals surface area contributed by atoms with E-state index in [1.54, 1.807) is 19.1 Å². The van der Waals surface area contributed by atoms with Gasteiger partial charge in [-0.1, -0.05) is 11.3 Å². The van der Waals surface area contributed by atoms with Gasteiger partial charge >= 0.3 is 5.97 Å². The number of amides is 1. The maximum Gasteiger partial charge on any atom is 0.338 e. The lowest BCUT2D eigenvalue weighted by atomic mass is 10.2. The standard InChI is InChI=1S/C21H21FN2O4S/c1-3-27-12-11-24-17-10-7-15(20(26)28-4-2)13-18(17)29-21(24)23-19(25)14-5-8-16(22)9-6-14/h5-10,13H,3-4,11-12H2,1-2H3. The lowest BCUT2D eigenvalue weighted by Gasteiger charge is -2.06. The average Bonchev–Trinajstić information content (AvgIpc) is 3.05. The molecule has 0 bridgehead atoms. The van der Waals surface area contributed by atoms with Gasteiger partial charge in [0.2, 0.25) is 0 Å². The van der Waals surface area contributed by atoms with Crippen molar-refractivity contribution >= 4 is 33.4 Å². The molecule has 0 aliphatic heterocycles. The smallest absolute Gasteiger partial charge is 0.338 e. The molecule has 0 aliphatic carbocycles. The quantitative estimate of drug-likeness (QED) is 0.434. The minimum atomic E-state index is -0.465. The highest BCUT2D eigenvalue weighted by Crippen LogP contribution is 2.20. The fourth-order valence-corrected chi connectivity index (χ4v) is 3.85. The molecule has 0 fully saturated rings. The highest BCUT2D eigenvalue weighted by Gasteiger charge is 2.13. The van der Waals surface area contributed by atoms with E-state index >= 15 is 0 Å². The molecule has 0 N–H and O–H groups in total. The van der Waals surface area contributed by atoms with E-state index < -0.39 is 17.7 Å². The van der Waals surface area contributed by atoms with Crippen LogP contribution >= 0.6 is 11.3 Å². The van der Waals surface area contributed by atoms with E-state index in [1.807, 2.05) is 17.6 Å². The van der Waals surface area contributed by atoms with Gasteiger partial charge in [-0.3, -0.25) is 4.79 Å². The summed E-state index contributed by atoms with van der Waals surface area (Å²) in [6.45, 7) is 5.49. The number of benzene rings is 2. The van der Waals surface area contributed by atoms with Crippen molar-refractivity contribution in [3.8, 4) is 0 Å². The van der Waals surface area contributed by atoms with E-state index in [1.165, 1.54) is 35.6 Å². The SMILES string of the molecule is CCOCCn1c(=NC(=O)c2ccc(F)cc2)sc2cc(C(=O)OCC)ccc21. The summed E-state index contributed by atoms with van der Waals surface area (Å²) in [7, 11) is 0. The number of nitrogens with zero attached hydrogens (tertiary/aromatic N) is 2. The molecule has 1 heterocycles. The number of halogens is 1. The van der Waals surface area contributed by atoms with E-state index in [0.29, 0.717) is 42.3 Å². The summed E-state index contributed by atoms with van der Waals surface area (Å²) in [5, 5.41) is 0. The van der Waals surface area contributed by atoms with Crippen molar-refractivity contribution in [3.63, 3.8) is 0 Å². The van der Waals surface area contributed by atoms with Gasteiger partial charge in [0, 0.05) is 18.7 Å². The van der Waals surface area contributed by atoms with Gasteiger partial charge < -0.3 is 14.0 Å². The lowest BCUT2D eigenvalue weighted by Crippen LogP contribution is -2.19. The van der Waals surface area contributed by atoms with Crippen molar-refractivity contribution in [2.75, 3.05) is 19.8 Å². The molecular weight excluding hydrogens is 395 g/mol. The molecule has 0 spiro atoms. The van der Waals surface area contributed by atoms with E-state index in [4.69, 9.17) is 9.47 Å². The Hall–Kier alpha value is -2.84. The van der Waals surface area contributed by atoms with Gasteiger partial charge in [0.1, 0.15) is 5.82 Å². The Balaban J connectivity index is 2.05. The zero-order valence-electron chi connectivity index (χ0n) is 16.2. The molecule has 0 atom stereocenters. The predicted octanol–water partition coefficient (Wildman–Crippen LogP) is 3.80. The minimum Gasteiger partial charge on any atom is -0.462 e. The number of hydrogen-bond acceptors (Lipinski definition) is 5. The molecule has 0 saturated heterocycles. The van der Waals surface area contributed by atoms with Crippen LogP contribution in [0.3, 0.4) is 0 Å².